The lowest BCUT2D eigenvalue weighted by Gasteiger charge is -2.45. The third-order valence-corrected chi connectivity index (χ3v) is 11.6. The van der Waals surface area contributed by atoms with Crippen LogP contribution in [0.1, 0.15) is 32.4 Å². The first kappa shape index (κ1) is 33.6. The summed E-state index contributed by atoms with van der Waals surface area (Å²) in [6.07, 6.45) is -1.79. The molecule has 2 saturated heterocycles. The van der Waals surface area contributed by atoms with E-state index in [-0.39, 0.29) is 35.4 Å². The summed E-state index contributed by atoms with van der Waals surface area (Å²) in [4.78, 5) is 40.2. The fourth-order valence-electron chi connectivity index (χ4n) is 7.80. The first-order valence-corrected chi connectivity index (χ1v) is 17.8. The van der Waals surface area contributed by atoms with Crippen LogP contribution in [-0.2, 0) is 18.0 Å². The maximum absolute atomic E-state index is 15.3. The molecule has 2 fully saturated rings. The molecule has 0 aliphatic carbocycles. The van der Waals surface area contributed by atoms with Crippen molar-refractivity contribution in [3.63, 3.8) is 0 Å². The smallest absolute Gasteiger partial charge is 0.349 e. The summed E-state index contributed by atoms with van der Waals surface area (Å²) in [5.41, 5.74) is 0.292. The predicted octanol–water partition coefficient (Wildman–Crippen LogP) is 4.86. The van der Waals surface area contributed by atoms with Crippen LogP contribution in [0.3, 0.4) is 0 Å². The SMILES string of the molecule is C=CC(=O)N1C[C@H](C)N(c2nc(=O)n3c4c(c(-c5cccc6cnn(C)c56)c(C(F)(F)F)cc24)SC[C@@H]3CN2CCN(CC)CC2)C[C@H]1C. The van der Waals surface area contributed by atoms with Crippen LogP contribution in [0.4, 0.5) is 19.0 Å². The average molecular weight is 695 g/mol. The number of likely N-dealkylation sites (N-methyl/N-ethyl adjacent to an activating group) is 1. The lowest BCUT2D eigenvalue weighted by molar-refractivity contribution is -0.137. The summed E-state index contributed by atoms with van der Waals surface area (Å²) in [6.45, 7) is 15.3. The second-order valence-corrected chi connectivity index (χ2v) is 14.4. The molecule has 0 bridgehead atoms. The second kappa shape index (κ2) is 12.8. The van der Waals surface area contributed by atoms with E-state index in [0.717, 1.165) is 38.1 Å². The van der Waals surface area contributed by atoms with Gasteiger partial charge in [-0.05, 0) is 32.5 Å². The predicted molar refractivity (Wildman–Crippen MR) is 187 cm³/mol. The normalized spacial score (nSPS) is 22.3. The van der Waals surface area contributed by atoms with Gasteiger partial charge >= 0.3 is 11.9 Å². The van der Waals surface area contributed by atoms with Gasteiger partial charge < -0.3 is 14.7 Å². The van der Waals surface area contributed by atoms with E-state index >= 15 is 13.2 Å². The highest BCUT2D eigenvalue weighted by atomic mass is 32.2. The highest BCUT2D eigenvalue weighted by Crippen LogP contribution is 2.51. The molecule has 0 unspecified atom stereocenters. The Bertz CT molecular complexity index is 2000. The number of fused-ring (bicyclic) bond motifs is 1. The fourth-order valence-corrected chi connectivity index (χ4v) is 9.13. The summed E-state index contributed by atoms with van der Waals surface area (Å²) in [7, 11) is 1.73. The Labute approximate surface area is 287 Å². The zero-order chi connectivity index (χ0) is 34.8. The number of carbonyl (C=O) groups excluding carboxylic acids is 1. The molecular formula is C35H41F3N8O2S. The van der Waals surface area contributed by atoms with Crippen molar-refractivity contribution in [3.8, 4) is 11.1 Å². The number of carbonyl (C=O) groups is 1. The third kappa shape index (κ3) is 5.80. The number of piperazine rings is 2. The van der Waals surface area contributed by atoms with Crippen LogP contribution < -0.4 is 10.6 Å². The number of anilines is 1. The van der Waals surface area contributed by atoms with E-state index in [1.807, 2.05) is 24.8 Å². The van der Waals surface area contributed by atoms with Crippen LogP contribution in [0, 0.1) is 0 Å². The largest absolute Gasteiger partial charge is 0.417 e. The number of aryl methyl sites for hydroxylation is 1. The van der Waals surface area contributed by atoms with Crippen molar-refractivity contribution >= 4 is 45.3 Å². The minimum atomic E-state index is -4.70. The van der Waals surface area contributed by atoms with Gasteiger partial charge in [0.1, 0.15) is 5.82 Å². The van der Waals surface area contributed by atoms with Gasteiger partial charge in [0.15, 0.2) is 0 Å². The van der Waals surface area contributed by atoms with Crippen LogP contribution in [0.15, 0.2) is 52.8 Å². The van der Waals surface area contributed by atoms with Crippen molar-refractivity contribution in [2.75, 3.05) is 63.0 Å². The molecule has 3 aliphatic heterocycles. The van der Waals surface area contributed by atoms with E-state index in [4.69, 9.17) is 0 Å². The van der Waals surface area contributed by atoms with Crippen LogP contribution in [0.25, 0.3) is 32.9 Å². The number of benzene rings is 2. The van der Waals surface area contributed by atoms with Crippen molar-refractivity contribution < 1.29 is 18.0 Å². The number of alkyl halides is 3. The molecule has 0 radical (unpaired) electrons. The van der Waals surface area contributed by atoms with E-state index in [1.54, 1.807) is 39.5 Å². The van der Waals surface area contributed by atoms with E-state index < -0.39 is 17.4 Å². The molecule has 3 atom stereocenters. The van der Waals surface area contributed by atoms with Crippen LogP contribution >= 0.6 is 11.8 Å². The minimum Gasteiger partial charge on any atom is -0.349 e. The van der Waals surface area contributed by atoms with Crippen LogP contribution in [0.2, 0.25) is 0 Å². The molecule has 14 heteroatoms. The number of nitrogens with zero attached hydrogens (tertiary/aromatic N) is 8. The maximum Gasteiger partial charge on any atom is 0.417 e. The molecule has 49 heavy (non-hydrogen) atoms. The van der Waals surface area contributed by atoms with Gasteiger partial charge in [-0.2, -0.15) is 23.3 Å². The molecule has 5 heterocycles. The van der Waals surface area contributed by atoms with E-state index in [9.17, 15) is 9.59 Å². The number of thioether (sulfide) groups is 1. The van der Waals surface area contributed by atoms with Gasteiger partial charge in [0.25, 0.3) is 0 Å². The first-order valence-electron chi connectivity index (χ1n) is 16.8. The Morgan fingerprint density at radius 1 is 1.08 bits per heavy atom. The Morgan fingerprint density at radius 2 is 1.82 bits per heavy atom. The summed E-state index contributed by atoms with van der Waals surface area (Å²) < 4.78 is 49.3. The topological polar surface area (TPSA) is 82.7 Å². The number of hydrogen-bond donors (Lipinski definition) is 0. The Balaban J connectivity index is 1.47. The minimum absolute atomic E-state index is 0.0577. The number of aromatic nitrogens is 4. The van der Waals surface area contributed by atoms with Crippen LogP contribution in [-0.4, -0.2) is 110 Å². The average Bonchev–Trinajstić information content (AvgIpc) is 3.47. The third-order valence-electron chi connectivity index (χ3n) is 10.4. The van der Waals surface area contributed by atoms with Crippen molar-refractivity contribution in [2.24, 2.45) is 7.05 Å². The Kier molecular flexibility index (Phi) is 8.77. The van der Waals surface area contributed by atoms with Gasteiger partial charge in [0, 0.05) is 97.5 Å². The summed E-state index contributed by atoms with van der Waals surface area (Å²) in [6, 6.07) is 5.63. The zero-order valence-electron chi connectivity index (χ0n) is 28.2. The van der Waals surface area contributed by atoms with E-state index in [1.165, 1.54) is 23.9 Å². The Hall–Kier alpha value is -3.88. The summed E-state index contributed by atoms with van der Waals surface area (Å²) >= 11 is 1.39. The fraction of sp³-hybridized carbons (Fsp3) is 0.486. The first-order chi connectivity index (χ1) is 23.4. The lowest BCUT2D eigenvalue weighted by atomic mass is 9.94. The van der Waals surface area contributed by atoms with Gasteiger partial charge in [-0.25, -0.2) is 4.79 Å². The summed E-state index contributed by atoms with van der Waals surface area (Å²) in [5, 5.41) is 5.37. The van der Waals surface area contributed by atoms with Crippen molar-refractivity contribution in [3.05, 3.63) is 59.2 Å². The molecule has 260 valence electrons. The highest BCUT2D eigenvalue weighted by Gasteiger charge is 2.41. The van der Waals surface area contributed by atoms with Gasteiger partial charge in [-0.3, -0.25) is 18.9 Å². The quantitative estimate of drug-likeness (QED) is 0.265. The number of hydrogen-bond acceptors (Lipinski definition) is 8. The zero-order valence-corrected chi connectivity index (χ0v) is 29.0. The molecule has 0 N–H and O–H groups in total. The molecule has 2 aromatic carbocycles. The van der Waals surface area contributed by atoms with Gasteiger partial charge in [-0.1, -0.05) is 31.7 Å². The van der Waals surface area contributed by atoms with Gasteiger partial charge in [0.05, 0.1) is 28.8 Å². The molecule has 1 amide bonds. The molecule has 3 aliphatic rings. The standard InChI is InChI=1S/C35H41F3N8O2S/c1-6-28(47)44-17-22(4)45(18-21(44)3)33-26-15-27(35(36,37)38)29(25-10-8-9-23-16-39-41(5)30(23)25)32-31(26)46(34(48)40-33)24(20-49-32)19-43-13-11-42(7-2)12-14-43/h6,8-10,15-16,21-22,24H,1,7,11-14,17-20H2,2-5H3/t21-,22+,24+/m1/s1. The molecular weight excluding hydrogens is 653 g/mol. The number of para-hydroxylation sites is 1. The Morgan fingerprint density at radius 3 is 2.51 bits per heavy atom. The van der Waals surface area contributed by atoms with Gasteiger partial charge in [0.2, 0.25) is 5.91 Å². The lowest BCUT2D eigenvalue weighted by Crippen LogP contribution is -2.58. The van der Waals surface area contributed by atoms with E-state index in [2.05, 4.69) is 33.4 Å². The van der Waals surface area contributed by atoms with Crippen molar-refractivity contribution in [2.45, 2.75) is 50.0 Å². The van der Waals surface area contributed by atoms with Crippen molar-refractivity contribution in [1.82, 2.24) is 34.0 Å². The van der Waals surface area contributed by atoms with E-state index in [0.29, 0.717) is 52.3 Å². The summed E-state index contributed by atoms with van der Waals surface area (Å²) in [5.74, 6) is 0.440. The molecule has 10 nitrogen and oxygen atoms in total. The number of halogens is 3. The molecule has 7 rings (SSSR count). The number of rotatable bonds is 6. The molecule has 0 saturated carbocycles. The maximum atomic E-state index is 15.3. The molecule has 0 spiro atoms. The number of amides is 1. The highest BCUT2D eigenvalue weighted by molar-refractivity contribution is 7.99. The molecule has 2 aromatic heterocycles. The van der Waals surface area contributed by atoms with Crippen molar-refractivity contribution in [1.29, 1.82) is 0 Å². The molecule has 4 aromatic rings. The monoisotopic (exact) mass is 694 g/mol. The van der Waals surface area contributed by atoms with Gasteiger partial charge in [-0.15, -0.1) is 11.8 Å². The second-order valence-electron chi connectivity index (χ2n) is 13.4. The van der Waals surface area contributed by atoms with Crippen LogP contribution in [0.5, 0.6) is 0 Å².